The van der Waals surface area contributed by atoms with Crippen LogP contribution in [0, 0.1) is 0 Å². The van der Waals surface area contributed by atoms with Gasteiger partial charge in [-0.1, -0.05) is 35.9 Å². The molecule has 1 heterocycles. The van der Waals surface area contributed by atoms with Crippen LogP contribution in [0.15, 0.2) is 40.9 Å². The lowest BCUT2D eigenvalue weighted by molar-refractivity contribution is 0.352. The van der Waals surface area contributed by atoms with Crippen LogP contribution in [0.1, 0.15) is 22.7 Å². The monoisotopic (exact) mass is 337 g/mol. The van der Waals surface area contributed by atoms with Gasteiger partial charge in [-0.2, -0.15) is 0 Å². The maximum absolute atomic E-state index is 6.36. The molecule has 0 saturated carbocycles. The Kier molecular flexibility index (Phi) is 3.52. The molecule has 0 bridgehead atoms. The van der Waals surface area contributed by atoms with Crippen LogP contribution in [0.2, 0.25) is 5.02 Å². The lowest BCUT2D eigenvalue weighted by atomic mass is 9.97. The van der Waals surface area contributed by atoms with Gasteiger partial charge in [0.2, 0.25) is 0 Å². The molecule has 4 heteroatoms. The van der Waals surface area contributed by atoms with Crippen LogP contribution in [-0.4, -0.2) is 6.61 Å². The number of hydrogen-bond acceptors (Lipinski definition) is 2. The standard InChI is InChI=1S/C15H13BrClNO/c16-12-8-10(4-5-13(12)17)14(18)11-3-1-2-9-6-7-19-15(9)11/h1-5,8,14H,6-7,18H2. The fraction of sp³-hybridized carbons (Fsp3) is 0.200. The van der Waals surface area contributed by atoms with Crippen LogP contribution in [0.4, 0.5) is 0 Å². The van der Waals surface area contributed by atoms with Gasteiger partial charge in [0.1, 0.15) is 5.75 Å². The highest BCUT2D eigenvalue weighted by atomic mass is 79.9. The summed E-state index contributed by atoms with van der Waals surface area (Å²) in [5, 5.41) is 0.686. The van der Waals surface area contributed by atoms with Crippen molar-refractivity contribution < 1.29 is 4.74 Å². The third-order valence-corrected chi connectivity index (χ3v) is 4.60. The smallest absolute Gasteiger partial charge is 0.127 e. The summed E-state index contributed by atoms with van der Waals surface area (Å²) in [4.78, 5) is 0. The first-order valence-corrected chi connectivity index (χ1v) is 7.29. The number of fused-ring (bicyclic) bond motifs is 1. The summed E-state index contributed by atoms with van der Waals surface area (Å²) in [6, 6.07) is 11.7. The van der Waals surface area contributed by atoms with E-state index in [4.69, 9.17) is 22.1 Å². The van der Waals surface area contributed by atoms with Gasteiger partial charge in [-0.25, -0.2) is 0 Å². The van der Waals surface area contributed by atoms with Gasteiger partial charge in [0, 0.05) is 16.5 Å². The molecular weight excluding hydrogens is 326 g/mol. The SMILES string of the molecule is NC(c1ccc(Cl)c(Br)c1)c1cccc2c1OCC2. The highest BCUT2D eigenvalue weighted by Crippen LogP contribution is 2.36. The molecule has 19 heavy (non-hydrogen) atoms. The maximum atomic E-state index is 6.36. The minimum atomic E-state index is -0.207. The average molecular weight is 339 g/mol. The van der Waals surface area contributed by atoms with Gasteiger partial charge >= 0.3 is 0 Å². The summed E-state index contributed by atoms with van der Waals surface area (Å²) < 4.78 is 6.57. The molecule has 0 aliphatic carbocycles. The normalized spacial score (nSPS) is 14.9. The highest BCUT2D eigenvalue weighted by Gasteiger charge is 2.21. The molecule has 0 radical (unpaired) electrons. The van der Waals surface area contributed by atoms with Crippen LogP contribution in [0.25, 0.3) is 0 Å². The Labute approximate surface area is 125 Å². The number of halogens is 2. The third kappa shape index (κ3) is 2.38. The van der Waals surface area contributed by atoms with Crippen LogP contribution in [0.3, 0.4) is 0 Å². The summed E-state index contributed by atoms with van der Waals surface area (Å²) in [7, 11) is 0. The molecule has 2 aromatic rings. The van der Waals surface area contributed by atoms with Crippen molar-refractivity contribution in [1.29, 1.82) is 0 Å². The van der Waals surface area contributed by atoms with Gasteiger partial charge in [-0.05, 0) is 39.2 Å². The molecule has 0 spiro atoms. The summed E-state index contributed by atoms with van der Waals surface area (Å²) >= 11 is 9.44. The number of rotatable bonds is 2. The van der Waals surface area contributed by atoms with Gasteiger partial charge < -0.3 is 10.5 Å². The number of hydrogen-bond donors (Lipinski definition) is 1. The second kappa shape index (κ2) is 5.16. The second-order valence-corrected chi connectivity index (χ2v) is 5.85. The molecule has 1 atom stereocenters. The third-order valence-electron chi connectivity index (χ3n) is 3.38. The molecule has 0 amide bonds. The first-order chi connectivity index (χ1) is 9.16. The zero-order chi connectivity index (χ0) is 13.4. The van der Waals surface area contributed by atoms with Crippen molar-refractivity contribution in [2.45, 2.75) is 12.5 Å². The largest absolute Gasteiger partial charge is 0.493 e. The van der Waals surface area contributed by atoms with Crippen molar-refractivity contribution in [3.63, 3.8) is 0 Å². The average Bonchev–Trinajstić information content (AvgIpc) is 2.89. The molecule has 98 valence electrons. The topological polar surface area (TPSA) is 35.2 Å². The number of nitrogens with two attached hydrogens (primary N) is 1. The van der Waals surface area contributed by atoms with Crippen LogP contribution in [-0.2, 0) is 6.42 Å². The molecule has 2 N–H and O–H groups in total. The Morgan fingerprint density at radius 1 is 1.26 bits per heavy atom. The Morgan fingerprint density at radius 3 is 2.89 bits per heavy atom. The lowest BCUT2D eigenvalue weighted by Gasteiger charge is -2.16. The van der Waals surface area contributed by atoms with Crippen molar-refractivity contribution >= 4 is 27.5 Å². The Bertz CT molecular complexity index is 630. The molecule has 2 nitrogen and oxygen atoms in total. The Balaban J connectivity index is 2.02. The molecule has 1 aliphatic heterocycles. The van der Waals surface area contributed by atoms with Crippen molar-refractivity contribution in [1.82, 2.24) is 0 Å². The summed E-state index contributed by atoms with van der Waals surface area (Å²) in [6.45, 7) is 0.739. The number of para-hydroxylation sites is 1. The second-order valence-electron chi connectivity index (χ2n) is 4.59. The predicted molar refractivity (Wildman–Crippen MR) is 80.8 cm³/mol. The van der Waals surface area contributed by atoms with Gasteiger partial charge in [-0.15, -0.1) is 0 Å². The fourth-order valence-corrected chi connectivity index (χ4v) is 2.88. The zero-order valence-corrected chi connectivity index (χ0v) is 12.5. The lowest BCUT2D eigenvalue weighted by Crippen LogP contribution is -2.13. The molecule has 0 aromatic heterocycles. The van der Waals surface area contributed by atoms with Crippen LogP contribution < -0.4 is 10.5 Å². The molecule has 1 unspecified atom stereocenters. The number of benzene rings is 2. The number of ether oxygens (including phenoxy) is 1. The summed E-state index contributed by atoms with van der Waals surface area (Å²) in [6.07, 6.45) is 0.959. The van der Waals surface area contributed by atoms with E-state index in [1.807, 2.05) is 30.3 Å². The van der Waals surface area contributed by atoms with E-state index in [2.05, 4.69) is 22.0 Å². The molecule has 3 rings (SSSR count). The van der Waals surface area contributed by atoms with Gasteiger partial charge in [0.15, 0.2) is 0 Å². The Hall–Kier alpha value is -1.03. The minimum Gasteiger partial charge on any atom is -0.493 e. The maximum Gasteiger partial charge on any atom is 0.127 e. The van der Waals surface area contributed by atoms with E-state index in [1.165, 1.54) is 5.56 Å². The van der Waals surface area contributed by atoms with Crippen molar-refractivity contribution in [2.24, 2.45) is 5.73 Å². The van der Waals surface area contributed by atoms with Crippen LogP contribution >= 0.6 is 27.5 Å². The van der Waals surface area contributed by atoms with E-state index < -0.39 is 0 Å². The van der Waals surface area contributed by atoms with Crippen molar-refractivity contribution in [3.8, 4) is 5.75 Å². The van der Waals surface area contributed by atoms with Gasteiger partial charge in [0.05, 0.1) is 17.7 Å². The molecule has 2 aromatic carbocycles. The van der Waals surface area contributed by atoms with E-state index >= 15 is 0 Å². The quantitative estimate of drug-likeness (QED) is 0.895. The summed E-state index contributed by atoms with van der Waals surface area (Å²) in [5.74, 6) is 0.945. The van der Waals surface area contributed by atoms with Crippen LogP contribution in [0.5, 0.6) is 5.75 Å². The molecule has 1 aliphatic rings. The van der Waals surface area contributed by atoms with E-state index in [-0.39, 0.29) is 6.04 Å². The minimum absolute atomic E-state index is 0.207. The fourth-order valence-electron chi connectivity index (χ4n) is 2.37. The van der Waals surface area contributed by atoms with E-state index in [0.29, 0.717) is 5.02 Å². The first kappa shape index (κ1) is 13.0. The van der Waals surface area contributed by atoms with E-state index in [9.17, 15) is 0 Å². The van der Waals surface area contributed by atoms with Gasteiger partial charge in [-0.3, -0.25) is 0 Å². The first-order valence-electron chi connectivity index (χ1n) is 6.12. The van der Waals surface area contributed by atoms with Crippen molar-refractivity contribution in [2.75, 3.05) is 6.61 Å². The van der Waals surface area contributed by atoms with Crippen molar-refractivity contribution in [3.05, 3.63) is 62.6 Å². The molecule has 0 fully saturated rings. The Morgan fingerprint density at radius 2 is 2.11 bits per heavy atom. The predicted octanol–water partition coefficient (Wildman–Crippen LogP) is 4.09. The highest BCUT2D eigenvalue weighted by molar-refractivity contribution is 9.10. The molecule has 0 saturated heterocycles. The van der Waals surface area contributed by atoms with E-state index in [1.54, 1.807) is 0 Å². The zero-order valence-electron chi connectivity index (χ0n) is 10.2. The van der Waals surface area contributed by atoms with Gasteiger partial charge in [0.25, 0.3) is 0 Å². The van der Waals surface area contributed by atoms with E-state index in [0.717, 1.165) is 34.4 Å². The molecular formula is C15H13BrClNO. The summed E-state index contributed by atoms with van der Waals surface area (Å²) in [5.41, 5.74) is 9.65.